The fourth-order valence-corrected chi connectivity index (χ4v) is 4.15. The third kappa shape index (κ3) is 4.29. The van der Waals surface area contributed by atoms with Crippen LogP contribution in [0.5, 0.6) is 5.75 Å². The van der Waals surface area contributed by atoms with Crippen molar-refractivity contribution in [1.82, 2.24) is 9.97 Å². The van der Waals surface area contributed by atoms with Crippen molar-refractivity contribution in [3.63, 3.8) is 0 Å². The Bertz CT molecular complexity index is 1590. The van der Waals surface area contributed by atoms with Gasteiger partial charge in [-0.3, -0.25) is 4.98 Å². The second-order valence-corrected chi connectivity index (χ2v) is 7.92. The summed E-state index contributed by atoms with van der Waals surface area (Å²) in [5.74, 6) is 0.506. The Morgan fingerprint density at radius 3 is 2.11 bits per heavy atom. The van der Waals surface area contributed by atoms with Crippen LogP contribution in [0.15, 0.2) is 114 Å². The maximum Gasteiger partial charge on any atom is 0.231 e. The third-order valence-corrected chi connectivity index (χ3v) is 5.79. The van der Waals surface area contributed by atoms with E-state index in [1.54, 1.807) is 0 Å². The Balaban J connectivity index is 0.00000253. The van der Waals surface area contributed by atoms with E-state index in [0.717, 1.165) is 33.6 Å². The summed E-state index contributed by atoms with van der Waals surface area (Å²) in [5, 5.41) is 11.3. The van der Waals surface area contributed by atoms with Gasteiger partial charge < -0.3 is 9.52 Å². The Morgan fingerprint density at radius 1 is 0.600 bits per heavy atom. The molecule has 4 nitrogen and oxygen atoms in total. The molecule has 6 aromatic rings. The number of hydrogen-bond acceptors (Lipinski definition) is 4. The first-order chi connectivity index (χ1) is 16.8. The molecule has 0 spiro atoms. The first-order valence-corrected chi connectivity index (χ1v) is 11.0. The molecular formula is C30H19N2O2Pt-. The van der Waals surface area contributed by atoms with Crippen LogP contribution in [0.3, 0.4) is 0 Å². The molecule has 0 fully saturated rings. The van der Waals surface area contributed by atoms with Crippen molar-refractivity contribution in [1.29, 1.82) is 0 Å². The van der Waals surface area contributed by atoms with Crippen LogP contribution >= 0.6 is 0 Å². The molecule has 2 aromatic heterocycles. The minimum atomic E-state index is 0. The average Bonchev–Trinajstić information content (AvgIpc) is 3.34. The van der Waals surface area contributed by atoms with E-state index < -0.39 is 0 Å². The van der Waals surface area contributed by atoms with E-state index in [9.17, 15) is 5.11 Å². The monoisotopic (exact) mass is 634 g/mol. The van der Waals surface area contributed by atoms with Crippen molar-refractivity contribution in [2.75, 3.05) is 0 Å². The molecule has 4 aromatic carbocycles. The molecule has 5 heteroatoms. The van der Waals surface area contributed by atoms with Gasteiger partial charge in [-0.2, -0.15) is 0 Å². The number of benzene rings is 4. The van der Waals surface area contributed by atoms with Crippen molar-refractivity contribution < 1.29 is 30.6 Å². The topological polar surface area (TPSA) is 59.2 Å². The van der Waals surface area contributed by atoms with Gasteiger partial charge in [-0.05, 0) is 35.5 Å². The van der Waals surface area contributed by atoms with Crippen LogP contribution in [0.25, 0.3) is 56.2 Å². The summed E-state index contributed by atoms with van der Waals surface area (Å²) >= 11 is 0. The largest absolute Gasteiger partial charge is 0.506 e. The second kappa shape index (κ2) is 9.69. The van der Waals surface area contributed by atoms with Crippen molar-refractivity contribution >= 4 is 11.1 Å². The number of rotatable bonds is 4. The molecule has 0 saturated carbocycles. The Morgan fingerprint density at radius 2 is 1.29 bits per heavy atom. The summed E-state index contributed by atoms with van der Waals surface area (Å²) in [7, 11) is 0. The van der Waals surface area contributed by atoms with Gasteiger partial charge in [0.05, 0.1) is 11.3 Å². The normalized spacial score (nSPS) is 10.7. The van der Waals surface area contributed by atoms with Crippen LogP contribution in [0.1, 0.15) is 0 Å². The summed E-state index contributed by atoms with van der Waals surface area (Å²) in [6.45, 7) is 0. The molecule has 0 radical (unpaired) electrons. The molecule has 172 valence electrons. The zero-order valence-electron chi connectivity index (χ0n) is 18.5. The molecule has 0 atom stereocenters. The average molecular weight is 635 g/mol. The van der Waals surface area contributed by atoms with E-state index in [0.29, 0.717) is 22.6 Å². The minimum absolute atomic E-state index is 0. The van der Waals surface area contributed by atoms with Crippen molar-refractivity contribution in [2.24, 2.45) is 0 Å². The Hall–Kier alpha value is -4.01. The first-order valence-electron chi connectivity index (χ1n) is 11.0. The van der Waals surface area contributed by atoms with E-state index in [2.05, 4.69) is 11.1 Å². The fourth-order valence-electron chi connectivity index (χ4n) is 4.15. The number of phenolic OH excluding ortho intramolecular Hbond substituents is 1. The number of para-hydroxylation sites is 3. The molecule has 1 N–H and O–H groups in total. The zero-order valence-corrected chi connectivity index (χ0v) is 20.7. The number of fused-ring (bicyclic) bond motifs is 1. The van der Waals surface area contributed by atoms with Gasteiger partial charge in [-0.15, -0.1) is 35.9 Å². The number of hydrogen-bond donors (Lipinski definition) is 1. The Labute approximate surface area is 217 Å². The quantitative estimate of drug-likeness (QED) is 0.206. The summed E-state index contributed by atoms with van der Waals surface area (Å²) in [6.07, 6.45) is 0. The van der Waals surface area contributed by atoms with Crippen molar-refractivity contribution in [3.8, 4) is 50.8 Å². The molecule has 6 rings (SSSR count). The second-order valence-electron chi connectivity index (χ2n) is 7.92. The van der Waals surface area contributed by atoms with Gasteiger partial charge in [0.15, 0.2) is 5.58 Å². The third-order valence-electron chi connectivity index (χ3n) is 5.79. The van der Waals surface area contributed by atoms with Gasteiger partial charge in [0.2, 0.25) is 5.89 Å². The van der Waals surface area contributed by atoms with E-state index >= 15 is 0 Å². The molecule has 0 unspecified atom stereocenters. The molecule has 35 heavy (non-hydrogen) atoms. The molecule has 0 bridgehead atoms. The summed E-state index contributed by atoms with van der Waals surface area (Å²) < 4.78 is 5.92. The predicted octanol–water partition coefficient (Wildman–Crippen LogP) is 7.39. The predicted molar refractivity (Wildman–Crippen MR) is 134 cm³/mol. The van der Waals surface area contributed by atoms with Crippen LogP contribution in [-0.2, 0) is 21.1 Å². The SMILES string of the molecule is Oc1c(-c2nc3ccccc3o2)cccc1-c1ccccc1-c1cccc(-c2[c-]cccc2)n1.[Pt]. The van der Waals surface area contributed by atoms with Crippen LogP contribution < -0.4 is 0 Å². The van der Waals surface area contributed by atoms with Gasteiger partial charge in [0, 0.05) is 32.2 Å². The number of nitrogens with zero attached hydrogens (tertiary/aromatic N) is 2. The van der Waals surface area contributed by atoms with Crippen LogP contribution in [0, 0.1) is 6.07 Å². The number of oxazole rings is 1. The Kier molecular flexibility index (Phi) is 6.30. The standard InChI is InChI=1S/C30H19N2O2.Pt/c33-29-23(14-8-15-24(29)30-32-27-16-6-7-19-28(27)34-30)21-12-4-5-13-22(21)26-18-9-17-25(31-26)20-10-2-1-3-11-20;/h1-10,12-19,33H;/q-1;. The number of phenols is 1. The van der Waals surface area contributed by atoms with Gasteiger partial charge in [-0.1, -0.05) is 60.7 Å². The van der Waals surface area contributed by atoms with E-state index in [1.165, 1.54) is 0 Å². The summed E-state index contributed by atoms with van der Waals surface area (Å²) in [4.78, 5) is 9.46. The smallest absolute Gasteiger partial charge is 0.231 e. The van der Waals surface area contributed by atoms with E-state index in [4.69, 9.17) is 9.40 Å². The maximum absolute atomic E-state index is 11.3. The molecule has 0 aliphatic carbocycles. The minimum Gasteiger partial charge on any atom is -0.506 e. The number of pyridine rings is 1. The summed E-state index contributed by atoms with van der Waals surface area (Å²) in [6, 6.07) is 38.1. The molecule has 0 amide bonds. The van der Waals surface area contributed by atoms with Crippen LogP contribution in [-0.4, -0.2) is 15.1 Å². The number of aromatic nitrogens is 2. The van der Waals surface area contributed by atoms with Gasteiger partial charge >= 0.3 is 0 Å². The fraction of sp³-hybridized carbons (Fsp3) is 0. The molecular weight excluding hydrogens is 615 g/mol. The van der Waals surface area contributed by atoms with Crippen LogP contribution in [0.2, 0.25) is 0 Å². The van der Waals surface area contributed by atoms with Crippen molar-refractivity contribution in [2.45, 2.75) is 0 Å². The van der Waals surface area contributed by atoms with Gasteiger partial charge in [0.25, 0.3) is 0 Å². The molecule has 0 aliphatic heterocycles. The van der Waals surface area contributed by atoms with E-state index in [1.807, 2.05) is 109 Å². The van der Waals surface area contributed by atoms with Crippen molar-refractivity contribution in [3.05, 3.63) is 115 Å². The maximum atomic E-state index is 11.3. The number of aromatic hydroxyl groups is 1. The van der Waals surface area contributed by atoms with Gasteiger partial charge in [-0.25, -0.2) is 4.98 Å². The zero-order chi connectivity index (χ0) is 22.9. The van der Waals surface area contributed by atoms with E-state index in [-0.39, 0.29) is 26.8 Å². The first kappa shape index (κ1) is 22.8. The molecule has 0 aliphatic rings. The molecule has 0 saturated heterocycles. The molecule has 2 heterocycles. The van der Waals surface area contributed by atoms with Crippen LogP contribution in [0.4, 0.5) is 0 Å². The van der Waals surface area contributed by atoms with Gasteiger partial charge in [0.1, 0.15) is 11.3 Å². The summed E-state index contributed by atoms with van der Waals surface area (Å²) in [5.41, 5.74) is 7.06.